The van der Waals surface area contributed by atoms with Gasteiger partial charge in [0, 0.05) is 55.0 Å². The van der Waals surface area contributed by atoms with E-state index in [4.69, 9.17) is 28.3 Å². The van der Waals surface area contributed by atoms with Crippen LogP contribution in [0.25, 0.3) is 0 Å². The summed E-state index contributed by atoms with van der Waals surface area (Å²) in [6.07, 6.45) is 1.78. The molecule has 0 unspecified atom stereocenters. The second-order valence-corrected chi connectivity index (χ2v) is 10.4. The number of nitrogens with zero attached hydrogens (tertiary/aromatic N) is 3. The first-order chi connectivity index (χ1) is 17.0. The van der Waals surface area contributed by atoms with E-state index in [2.05, 4.69) is 0 Å². The quantitative estimate of drug-likeness (QED) is 0.527. The fourth-order valence-corrected chi connectivity index (χ4v) is 5.43. The van der Waals surface area contributed by atoms with Crippen LogP contribution in [0.3, 0.4) is 0 Å². The maximum Gasteiger partial charge on any atom is 0.328 e. The van der Waals surface area contributed by atoms with Gasteiger partial charge in [0.05, 0.1) is 10.6 Å². The highest BCUT2D eigenvalue weighted by molar-refractivity contribution is 6.31. The minimum Gasteiger partial charge on any atom is -0.478 e. The topological polar surface area (TPSA) is 81.2 Å². The first-order valence-electron chi connectivity index (χ1n) is 11.5. The predicted octanol–water partition coefficient (Wildman–Crippen LogP) is 5.04. The van der Waals surface area contributed by atoms with E-state index in [1.807, 2.05) is 13.8 Å². The summed E-state index contributed by atoms with van der Waals surface area (Å²) in [7, 11) is 0. The van der Waals surface area contributed by atoms with E-state index in [9.17, 15) is 18.8 Å². The van der Waals surface area contributed by atoms with Gasteiger partial charge in [0.15, 0.2) is 0 Å². The van der Waals surface area contributed by atoms with Gasteiger partial charge in [-0.05, 0) is 47.9 Å². The van der Waals surface area contributed by atoms with E-state index in [0.29, 0.717) is 29.4 Å². The summed E-state index contributed by atoms with van der Waals surface area (Å²) in [6, 6.07) is 11.1. The molecule has 0 aliphatic carbocycles. The fourth-order valence-electron chi connectivity index (χ4n) is 5.18. The predicted molar refractivity (Wildman–Crippen MR) is 136 cm³/mol. The number of amides is 3. The number of anilines is 1. The summed E-state index contributed by atoms with van der Waals surface area (Å²) in [4.78, 5) is 42.7. The van der Waals surface area contributed by atoms with Gasteiger partial charge < -0.3 is 14.9 Å². The average Bonchev–Trinajstić information content (AvgIpc) is 3.32. The van der Waals surface area contributed by atoms with Gasteiger partial charge in [-0.25, -0.2) is 14.0 Å². The van der Waals surface area contributed by atoms with Crippen molar-refractivity contribution in [2.24, 2.45) is 5.92 Å². The van der Waals surface area contributed by atoms with Crippen LogP contribution in [-0.2, 0) is 9.59 Å². The van der Waals surface area contributed by atoms with Crippen LogP contribution in [0, 0.1) is 11.7 Å². The summed E-state index contributed by atoms with van der Waals surface area (Å²) in [5.74, 6) is -2.61. The van der Waals surface area contributed by atoms with Gasteiger partial charge in [-0.2, -0.15) is 0 Å². The summed E-state index contributed by atoms with van der Waals surface area (Å²) in [5, 5.41) is 9.47. The number of rotatable bonds is 6. The zero-order valence-corrected chi connectivity index (χ0v) is 21.3. The van der Waals surface area contributed by atoms with E-state index >= 15 is 0 Å². The molecule has 1 spiro atoms. The van der Waals surface area contributed by atoms with Crippen LogP contribution in [0.2, 0.25) is 10.0 Å². The number of halogens is 3. The Morgan fingerprint density at radius 2 is 1.83 bits per heavy atom. The number of carboxylic acids is 1. The van der Waals surface area contributed by atoms with E-state index in [-0.39, 0.29) is 30.1 Å². The molecular formula is C26H26Cl2FN3O4. The lowest BCUT2D eigenvalue weighted by Gasteiger charge is -2.38. The van der Waals surface area contributed by atoms with Crippen molar-refractivity contribution >= 4 is 46.8 Å². The molecule has 7 nitrogen and oxygen atoms in total. The lowest BCUT2D eigenvalue weighted by atomic mass is 9.81. The monoisotopic (exact) mass is 533 g/mol. The molecule has 3 amide bonds. The molecule has 0 aromatic heterocycles. The van der Waals surface area contributed by atoms with Crippen molar-refractivity contribution in [2.75, 3.05) is 31.1 Å². The molecule has 2 heterocycles. The Morgan fingerprint density at radius 1 is 1.14 bits per heavy atom. The average molecular weight is 534 g/mol. The van der Waals surface area contributed by atoms with Crippen LogP contribution in [-0.4, -0.2) is 64.5 Å². The molecule has 2 saturated heterocycles. The van der Waals surface area contributed by atoms with Crippen LogP contribution in [0.5, 0.6) is 0 Å². The Hall–Kier alpha value is -3.10. The molecule has 0 bridgehead atoms. The van der Waals surface area contributed by atoms with Crippen molar-refractivity contribution in [1.82, 2.24) is 9.80 Å². The van der Waals surface area contributed by atoms with Gasteiger partial charge >= 0.3 is 12.0 Å². The Morgan fingerprint density at radius 3 is 2.44 bits per heavy atom. The Bertz CT molecular complexity index is 1220. The first kappa shape index (κ1) is 26.0. The standard InChI is InChI=1S/C26H26Cl2FN3O4/c1-16(2)12-31-15-26(32(25(31)36)19-6-4-18(27)5-7-19)14-30(23(33)9-10-24(34)35)13-20(26)17-3-8-21(28)22(29)11-17/h3-11,16,20H,12-15H2,1-2H3,(H,34,35)/b10-9+/t20-,26-/m1/s1. The van der Waals surface area contributed by atoms with Gasteiger partial charge in [-0.3, -0.25) is 9.69 Å². The number of carbonyl (C=O) groups is 3. The lowest BCUT2D eigenvalue weighted by Crippen LogP contribution is -2.53. The van der Waals surface area contributed by atoms with Crippen molar-refractivity contribution in [3.8, 4) is 0 Å². The number of urea groups is 1. The van der Waals surface area contributed by atoms with Gasteiger partial charge in [0.2, 0.25) is 5.91 Å². The molecule has 2 aliphatic heterocycles. The molecule has 1 N–H and O–H groups in total. The number of carboxylic acid groups (broad SMARTS) is 1. The summed E-state index contributed by atoms with van der Waals surface area (Å²) in [5.41, 5.74) is 0.255. The summed E-state index contributed by atoms with van der Waals surface area (Å²) < 4.78 is 14.6. The third kappa shape index (κ3) is 4.92. The van der Waals surface area contributed by atoms with Crippen molar-refractivity contribution in [1.29, 1.82) is 0 Å². The highest BCUT2D eigenvalue weighted by Gasteiger charge is 2.60. The zero-order valence-electron chi connectivity index (χ0n) is 19.8. The molecule has 36 heavy (non-hydrogen) atoms. The first-order valence-corrected chi connectivity index (χ1v) is 12.3. The zero-order chi connectivity index (χ0) is 26.2. The van der Waals surface area contributed by atoms with Crippen LogP contribution in [0.1, 0.15) is 25.3 Å². The largest absolute Gasteiger partial charge is 0.478 e. The maximum absolute atomic E-state index is 14.6. The number of hydrogen-bond acceptors (Lipinski definition) is 3. The highest BCUT2D eigenvalue weighted by atomic mass is 35.5. The van der Waals surface area contributed by atoms with Crippen LogP contribution >= 0.6 is 23.2 Å². The molecule has 4 rings (SSSR count). The number of likely N-dealkylation sites (tertiary alicyclic amines) is 1. The van der Waals surface area contributed by atoms with Crippen molar-refractivity contribution in [2.45, 2.75) is 25.3 Å². The third-order valence-corrected chi connectivity index (χ3v) is 7.14. The number of carbonyl (C=O) groups excluding carboxylic acids is 2. The van der Waals surface area contributed by atoms with Gasteiger partial charge in [0.1, 0.15) is 5.82 Å². The third-order valence-electron chi connectivity index (χ3n) is 6.58. The van der Waals surface area contributed by atoms with Gasteiger partial charge in [-0.1, -0.05) is 43.1 Å². The van der Waals surface area contributed by atoms with Crippen molar-refractivity contribution in [3.05, 3.63) is 76.0 Å². The molecular weight excluding hydrogens is 508 g/mol. The lowest BCUT2D eigenvalue weighted by molar-refractivity contribution is -0.132. The van der Waals surface area contributed by atoms with Crippen molar-refractivity contribution in [3.63, 3.8) is 0 Å². The van der Waals surface area contributed by atoms with E-state index in [1.54, 1.807) is 40.1 Å². The minimum atomic E-state index is -1.24. The number of hydrogen-bond donors (Lipinski definition) is 1. The molecule has 10 heteroatoms. The Kier molecular flexibility index (Phi) is 7.29. The van der Waals surface area contributed by atoms with Gasteiger partial charge in [0.25, 0.3) is 0 Å². The van der Waals surface area contributed by atoms with E-state index < -0.39 is 29.2 Å². The van der Waals surface area contributed by atoms with E-state index in [1.165, 1.54) is 17.0 Å². The normalized spacial score (nSPS) is 22.0. The maximum atomic E-state index is 14.6. The Labute approximate surface area is 218 Å². The molecule has 2 aromatic carbocycles. The van der Waals surface area contributed by atoms with Crippen LogP contribution in [0.15, 0.2) is 54.6 Å². The summed E-state index contributed by atoms with van der Waals surface area (Å²) >= 11 is 12.1. The minimum absolute atomic E-state index is 0.0263. The molecule has 2 aromatic rings. The van der Waals surface area contributed by atoms with Crippen LogP contribution < -0.4 is 4.90 Å². The fraction of sp³-hybridized carbons (Fsp3) is 0.346. The SMILES string of the molecule is CC(C)CN1C[C@@]2(CN(C(=O)/C=C/C(=O)O)C[C@@H]2c2ccc(Cl)c(F)c2)N(c2ccc(Cl)cc2)C1=O. The highest BCUT2D eigenvalue weighted by Crippen LogP contribution is 2.47. The molecule has 2 fully saturated rings. The molecule has 0 saturated carbocycles. The van der Waals surface area contributed by atoms with Gasteiger partial charge in [-0.15, -0.1) is 0 Å². The number of aliphatic carboxylic acids is 1. The molecule has 2 aliphatic rings. The molecule has 2 atom stereocenters. The second-order valence-electron chi connectivity index (χ2n) is 9.59. The molecule has 190 valence electrons. The number of benzene rings is 2. The second kappa shape index (κ2) is 10.1. The molecule has 0 radical (unpaired) electrons. The van der Waals surface area contributed by atoms with Crippen LogP contribution in [0.4, 0.5) is 14.9 Å². The van der Waals surface area contributed by atoms with E-state index in [0.717, 1.165) is 12.2 Å². The summed E-state index contributed by atoms with van der Waals surface area (Å²) in [6.45, 7) is 5.12. The smallest absolute Gasteiger partial charge is 0.328 e. The van der Waals surface area contributed by atoms with Crippen molar-refractivity contribution < 1.29 is 23.9 Å². The Balaban J connectivity index is 1.86.